The van der Waals surface area contributed by atoms with Crippen LogP contribution in [0.4, 0.5) is 5.69 Å². The van der Waals surface area contributed by atoms with Crippen molar-refractivity contribution in [2.75, 3.05) is 11.5 Å². The second-order valence-electron chi connectivity index (χ2n) is 4.58. The van der Waals surface area contributed by atoms with Crippen LogP contribution in [0.1, 0.15) is 44.3 Å². The number of carbonyl (C=O) groups is 1. The van der Waals surface area contributed by atoms with E-state index in [9.17, 15) is 4.79 Å². The minimum absolute atomic E-state index is 0.0441. The molecule has 0 unspecified atom stereocenters. The average molecular weight is 287 g/mol. The SMILES string of the molecule is CCSc1sc(C(=O)C(C)C)c(N)c1OC(C)C. The van der Waals surface area contributed by atoms with Gasteiger partial charge in [-0.25, -0.2) is 0 Å². The predicted molar refractivity (Wildman–Crippen MR) is 80.1 cm³/mol. The average Bonchev–Trinajstić information content (AvgIpc) is 2.56. The highest BCUT2D eigenvalue weighted by atomic mass is 32.2. The number of thiophene rings is 1. The lowest BCUT2D eigenvalue weighted by Crippen LogP contribution is -2.10. The molecule has 1 rings (SSSR count). The molecule has 0 radical (unpaired) electrons. The van der Waals surface area contributed by atoms with E-state index in [1.165, 1.54) is 11.3 Å². The number of rotatable bonds is 6. The second kappa shape index (κ2) is 6.48. The third kappa shape index (κ3) is 3.42. The fourth-order valence-corrected chi connectivity index (χ4v) is 3.79. The molecule has 0 saturated carbocycles. The van der Waals surface area contributed by atoms with Crippen LogP contribution in [-0.4, -0.2) is 17.6 Å². The quantitative estimate of drug-likeness (QED) is 0.633. The Hall–Kier alpha value is -0.680. The molecular formula is C13H21NO2S2. The maximum absolute atomic E-state index is 12.1. The first-order chi connectivity index (χ1) is 8.38. The molecule has 2 N–H and O–H groups in total. The molecule has 3 nitrogen and oxygen atoms in total. The zero-order chi connectivity index (χ0) is 13.9. The first-order valence-electron chi connectivity index (χ1n) is 6.14. The molecule has 5 heteroatoms. The lowest BCUT2D eigenvalue weighted by Gasteiger charge is -2.11. The van der Waals surface area contributed by atoms with E-state index in [0.29, 0.717) is 16.3 Å². The van der Waals surface area contributed by atoms with E-state index in [-0.39, 0.29) is 17.8 Å². The summed E-state index contributed by atoms with van der Waals surface area (Å²) in [6, 6.07) is 0. The Kier molecular flexibility index (Phi) is 5.53. The van der Waals surface area contributed by atoms with Crippen LogP contribution < -0.4 is 10.5 Å². The van der Waals surface area contributed by atoms with Gasteiger partial charge in [0.05, 0.1) is 16.7 Å². The largest absolute Gasteiger partial charge is 0.487 e. The van der Waals surface area contributed by atoms with E-state index < -0.39 is 0 Å². The Morgan fingerprint density at radius 2 is 2.00 bits per heavy atom. The van der Waals surface area contributed by atoms with Crippen molar-refractivity contribution in [2.24, 2.45) is 5.92 Å². The molecule has 0 bridgehead atoms. The molecule has 0 aliphatic heterocycles. The van der Waals surface area contributed by atoms with Crippen molar-refractivity contribution in [1.29, 1.82) is 0 Å². The van der Waals surface area contributed by atoms with Crippen LogP contribution in [0.3, 0.4) is 0 Å². The van der Waals surface area contributed by atoms with Crippen molar-refractivity contribution in [3.63, 3.8) is 0 Å². The number of thioether (sulfide) groups is 1. The Bertz CT molecular complexity index is 425. The highest BCUT2D eigenvalue weighted by Crippen LogP contribution is 2.45. The predicted octanol–water partition coefficient (Wildman–Crippen LogP) is 4.07. The second-order valence-corrected chi connectivity index (χ2v) is 7.13. The fraction of sp³-hybridized carbons (Fsp3) is 0.615. The van der Waals surface area contributed by atoms with Crippen molar-refractivity contribution < 1.29 is 9.53 Å². The van der Waals surface area contributed by atoms with Crippen molar-refractivity contribution in [1.82, 2.24) is 0 Å². The molecule has 0 atom stereocenters. The summed E-state index contributed by atoms with van der Waals surface area (Å²) in [7, 11) is 0. The number of ketones is 1. The molecule has 0 aliphatic rings. The van der Waals surface area contributed by atoms with Crippen molar-refractivity contribution in [3.05, 3.63) is 4.88 Å². The smallest absolute Gasteiger partial charge is 0.177 e. The monoisotopic (exact) mass is 287 g/mol. The third-order valence-corrected chi connectivity index (χ3v) is 4.58. The minimum atomic E-state index is -0.0441. The van der Waals surface area contributed by atoms with Crippen molar-refractivity contribution in [3.8, 4) is 5.75 Å². The van der Waals surface area contributed by atoms with E-state index in [1.807, 2.05) is 27.7 Å². The first-order valence-corrected chi connectivity index (χ1v) is 7.94. The molecule has 1 aromatic heterocycles. The van der Waals surface area contributed by atoms with E-state index >= 15 is 0 Å². The number of hydrogen-bond acceptors (Lipinski definition) is 5. The Morgan fingerprint density at radius 3 is 2.44 bits per heavy atom. The van der Waals surface area contributed by atoms with Gasteiger partial charge in [0.15, 0.2) is 11.5 Å². The van der Waals surface area contributed by atoms with E-state index in [0.717, 1.165) is 9.96 Å². The summed E-state index contributed by atoms with van der Waals surface area (Å²) < 4.78 is 6.76. The van der Waals surface area contributed by atoms with Gasteiger partial charge in [-0.3, -0.25) is 4.79 Å². The number of ether oxygens (including phenoxy) is 1. The summed E-state index contributed by atoms with van der Waals surface area (Å²) in [6.07, 6.45) is 0.0557. The summed E-state index contributed by atoms with van der Waals surface area (Å²) in [6.45, 7) is 9.76. The van der Waals surface area contributed by atoms with Crippen molar-refractivity contribution in [2.45, 2.75) is 44.9 Å². The number of anilines is 1. The van der Waals surface area contributed by atoms with Gasteiger partial charge in [0.25, 0.3) is 0 Å². The topological polar surface area (TPSA) is 52.3 Å². The molecule has 0 spiro atoms. The van der Waals surface area contributed by atoms with E-state index in [2.05, 4.69) is 6.92 Å². The molecular weight excluding hydrogens is 266 g/mol. The van der Waals surface area contributed by atoms with Gasteiger partial charge in [0, 0.05) is 5.92 Å². The highest BCUT2D eigenvalue weighted by Gasteiger charge is 2.24. The summed E-state index contributed by atoms with van der Waals surface area (Å²) in [5, 5.41) is 0. The van der Waals surface area contributed by atoms with Crippen LogP contribution in [0.25, 0.3) is 0 Å². The number of nitrogens with two attached hydrogens (primary N) is 1. The Morgan fingerprint density at radius 1 is 1.39 bits per heavy atom. The van der Waals surface area contributed by atoms with Crippen LogP contribution in [-0.2, 0) is 0 Å². The van der Waals surface area contributed by atoms with Gasteiger partial charge in [-0.1, -0.05) is 20.8 Å². The first kappa shape index (κ1) is 15.4. The van der Waals surface area contributed by atoms with Gasteiger partial charge in [0.1, 0.15) is 4.21 Å². The molecule has 0 fully saturated rings. The molecule has 0 saturated heterocycles. The molecule has 1 heterocycles. The molecule has 18 heavy (non-hydrogen) atoms. The maximum atomic E-state index is 12.1. The van der Waals surface area contributed by atoms with E-state index in [4.69, 9.17) is 10.5 Å². The summed E-state index contributed by atoms with van der Waals surface area (Å²) in [5.41, 5.74) is 6.58. The summed E-state index contributed by atoms with van der Waals surface area (Å²) in [5.74, 6) is 1.67. The van der Waals surface area contributed by atoms with Gasteiger partial charge < -0.3 is 10.5 Å². The molecule has 0 aliphatic carbocycles. The third-order valence-electron chi connectivity index (χ3n) is 2.25. The van der Waals surface area contributed by atoms with Gasteiger partial charge in [-0.05, 0) is 19.6 Å². The van der Waals surface area contributed by atoms with Crippen molar-refractivity contribution >= 4 is 34.6 Å². The normalized spacial score (nSPS) is 11.3. The Labute approximate surface area is 117 Å². The summed E-state index contributed by atoms with van der Waals surface area (Å²) >= 11 is 3.12. The minimum Gasteiger partial charge on any atom is -0.487 e. The van der Waals surface area contributed by atoms with Crippen LogP contribution in [0.15, 0.2) is 4.21 Å². The summed E-state index contributed by atoms with van der Waals surface area (Å²) in [4.78, 5) is 12.7. The van der Waals surface area contributed by atoms with Gasteiger partial charge in [-0.2, -0.15) is 0 Å². The van der Waals surface area contributed by atoms with Gasteiger partial charge in [-0.15, -0.1) is 23.1 Å². The molecule has 0 aromatic carbocycles. The number of carbonyl (C=O) groups excluding carboxylic acids is 1. The lowest BCUT2D eigenvalue weighted by atomic mass is 10.1. The number of nitrogen functional groups attached to an aromatic ring is 1. The van der Waals surface area contributed by atoms with Crippen LogP contribution >= 0.6 is 23.1 Å². The van der Waals surface area contributed by atoms with Crippen LogP contribution in [0.2, 0.25) is 0 Å². The van der Waals surface area contributed by atoms with Gasteiger partial charge >= 0.3 is 0 Å². The van der Waals surface area contributed by atoms with Gasteiger partial charge in [0.2, 0.25) is 0 Å². The fourth-order valence-electron chi connectivity index (χ4n) is 1.43. The standard InChI is InChI=1S/C13H21NO2S2/c1-6-17-13-11(16-8(4)5)9(14)12(18-13)10(15)7(2)3/h7-8H,6,14H2,1-5H3. The lowest BCUT2D eigenvalue weighted by molar-refractivity contribution is 0.0944. The van der Waals surface area contributed by atoms with Crippen LogP contribution in [0, 0.1) is 5.92 Å². The van der Waals surface area contributed by atoms with E-state index in [1.54, 1.807) is 11.8 Å². The maximum Gasteiger partial charge on any atom is 0.177 e. The molecule has 0 amide bonds. The van der Waals surface area contributed by atoms with Crippen LogP contribution in [0.5, 0.6) is 5.75 Å². The number of Topliss-reactive ketones (excluding diaryl/α,β-unsaturated/α-hetero) is 1. The number of hydrogen-bond donors (Lipinski definition) is 1. The highest BCUT2D eigenvalue weighted by molar-refractivity contribution is 8.01. The zero-order valence-corrected chi connectivity index (χ0v) is 13.2. The molecule has 1 aromatic rings. The Balaban J connectivity index is 3.18. The zero-order valence-electron chi connectivity index (χ0n) is 11.6. The molecule has 102 valence electrons.